The minimum Gasteiger partial charge on any atom is -0.384 e. The Morgan fingerprint density at radius 1 is 1.47 bits per heavy atom. The van der Waals surface area contributed by atoms with Crippen LogP contribution in [0, 0.1) is 0 Å². The van der Waals surface area contributed by atoms with E-state index in [1.165, 1.54) is 31.2 Å². The fraction of sp³-hybridized carbons (Fsp3) is 0.583. The fourth-order valence-corrected chi connectivity index (χ4v) is 2.35. The van der Waals surface area contributed by atoms with Crippen LogP contribution in [0.5, 0.6) is 0 Å². The molecule has 0 atom stereocenters. The van der Waals surface area contributed by atoms with Gasteiger partial charge in [-0.2, -0.15) is 0 Å². The molecular formula is C12H19N3. The normalized spacial score (nSPS) is 17.5. The lowest BCUT2D eigenvalue weighted by atomic mass is 10.2. The van der Waals surface area contributed by atoms with Crippen molar-refractivity contribution in [1.82, 2.24) is 9.88 Å². The van der Waals surface area contributed by atoms with Gasteiger partial charge in [0.25, 0.3) is 0 Å². The SMILES string of the molecule is CN(Cc1ccnc(N)c1)C1CCCC1. The molecule has 1 aliphatic rings. The standard InChI is InChI=1S/C12H19N3/c1-15(11-4-2-3-5-11)9-10-6-7-14-12(13)8-10/h6-8,11H,2-5,9H2,1H3,(H2,13,14). The largest absolute Gasteiger partial charge is 0.384 e. The molecule has 3 heteroatoms. The van der Waals surface area contributed by atoms with Crippen LogP contribution < -0.4 is 5.73 Å². The molecule has 0 radical (unpaired) electrons. The summed E-state index contributed by atoms with van der Waals surface area (Å²) in [5, 5.41) is 0. The van der Waals surface area contributed by atoms with Crippen LogP contribution in [0.25, 0.3) is 0 Å². The van der Waals surface area contributed by atoms with Gasteiger partial charge in [-0.1, -0.05) is 12.8 Å². The van der Waals surface area contributed by atoms with Gasteiger partial charge in [0, 0.05) is 18.8 Å². The maximum Gasteiger partial charge on any atom is 0.123 e. The summed E-state index contributed by atoms with van der Waals surface area (Å²) in [5.41, 5.74) is 6.92. The Balaban J connectivity index is 1.95. The molecule has 0 unspecified atom stereocenters. The average Bonchev–Trinajstić information content (AvgIpc) is 2.70. The van der Waals surface area contributed by atoms with E-state index in [-0.39, 0.29) is 0 Å². The molecule has 2 rings (SSSR count). The summed E-state index contributed by atoms with van der Waals surface area (Å²) < 4.78 is 0. The highest BCUT2D eigenvalue weighted by molar-refractivity contribution is 5.31. The van der Waals surface area contributed by atoms with Gasteiger partial charge in [-0.3, -0.25) is 4.90 Å². The molecule has 15 heavy (non-hydrogen) atoms. The zero-order chi connectivity index (χ0) is 10.7. The monoisotopic (exact) mass is 205 g/mol. The van der Waals surface area contributed by atoms with Gasteiger partial charge in [0.05, 0.1) is 0 Å². The predicted molar refractivity (Wildman–Crippen MR) is 62.4 cm³/mol. The molecule has 0 aromatic carbocycles. The van der Waals surface area contributed by atoms with Crippen molar-refractivity contribution >= 4 is 5.82 Å². The van der Waals surface area contributed by atoms with Crippen LogP contribution in [-0.2, 0) is 6.54 Å². The van der Waals surface area contributed by atoms with Crippen LogP contribution in [0.15, 0.2) is 18.3 Å². The third kappa shape index (κ3) is 2.69. The van der Waals surface area contributed by atoms with Crippen molar-refractivity contribution in [3.8, 4) is 0 Å². The summed E-state index contributed by atoms with van der Waals surface area (Å²) in [5.74, 6) is 0.618. The number of pyridine rings is 1. The molecule has 0 spiro atoms. The van der Waals surface area contributed by atoms with Gasteiger partial charge in [-0.05, 0) is 37.6 Å². The number of nitrogen functional groups attached to an aromatic ring is 1. The molecule has 1 heterocycles. The highest BCUT2D eigenvalue weighted by Crippen LogP contribution is 2.23. The Kier molecular flexibility index (Phi) is 3.21. The van der Waals surface area contributed by atoms with Crippen LogP contribution in [0.3, 0.4) is 0 Å². The Bertz CT molecular complexity index is 318. The van der Waals surface area contributed by atoms with E-state index in [2.05, 4.69) is 16.9 Å². The van der Waals surface area contributed by atoms with E-state index < -0.39 is 0 Å². The number of nitrogens with two attached hydrogens (primary N) is 1. The van der Waals surface area contributed by atoms with E-state index in [0.29, 0.717) is 5.82 Å². The highest BCUT2D eigenvalue weighted by atomic mass is 15.1. The molecule has 0 saturated heterocycles. The first-order valence-electron chi connectivity index (χ1n) is 5.66. The molecule has 1 aromatic heterocycles. The first kappa shape index (κ1) is 10.4. The summed E-state index contributed by atoms with van der Waals surface area (Å²) in [7, 11) is 2.20. The smallest absolute Gasteiger partial charge is 0.123 e. The van der Waals surface area contributed by atoms with Crippen molar-refractivity contribution in [2.45, 2.75) is 38.3 Å². The lowest BCUT2D eigenvalue weighted by Crippen LogP contribution is -2.28. The van der Waals surface area contributed by atoms with Gasteiger partial charge in [0.2, 0.25) is 0 Å². The lowest BCUT2D eigenvalue weighted by molar-refractivity contribution is 0.237. The van der Waals surface area contributed by atoms with Gasteiger partial charge < -0.3 is 5.73 Å². The molecule has 82 valence electrons. The van der Waals surface area contributed by atoms with E-state index in [1.807, 2.05) is 12.1 Å². The van der Waals surface area contributed by atoms with Gasteiger partial charge in [0.15, 0.2) is 0 Å². The lowest BCUT2D eigenvalue weighted by Gasteiger charge is -2.23. The molecule has 1 aliphatic carbocycles. The summed E-state index contributed by atoms with van der Waals surface area (Å²) in [6, 6.07) is 4.77. The van der Waals surface area contributed by atoms with Gasteiger partial charge in [0.1, 0.15) is 5.82 Å². The Morgan fingerprint density at radius 2 is 2.20 bits per heavy atom. The van der Waals surface area contributed by atoms with Gasteiger partial charge >= 0.3 is 0 Å². The van der Waals surface area contributed by atoms with Crippen LogP contribution in [0.4, 0.5) is 5.82 Å². The molecule has 0 amide bonds. The minimum absolute atomic E-state index is 0.618. The number of aromatic nitrogens is 1. The van der Waals surface area contributed by atoms with Crippen LogP contribution in [0.2, 0.25) is 0 Å². The van der Waals surface area contributed by atoms with Crippen LogP contribution >= 0.6 is 0 Å². The van der Waals surface area contributed by atoms with Gasteiger partial charge in [-0.15, -0.1) is 0 Å². The Morgan fingerprint density at radius 3 is 2.87 bits per heavy atom. The number of anilines is 1. The molecule has 0 bridgehead atoms. The topological polar surface area (TPSA) is 42.2 Å². The summed E-state index contributed by atoms with van der Waals surface area (Å²) in [6.45, 7) is 0.984. The fourth-order valence-electron chi connectivity index (χ4n) is 2.35. The molecule has 1 aromatic rings. The quantitative estimate of drug-likeness (QED) is 0.821. The van der Waals surface area contributed by atoms with Crippen LogP contribution in [0.1, 0.15) is 31.2 Å². The van der Waals surface area contributed by atoms with Crippen LogP contribution in [-0.4, -0.2) is 23.0 Å². The molecule has 0 aliphatic heterocycles. The summed E-state index contributed by atoms with van der Waals surface area (Å²) >= 11 is 0. The summed E-state index contributed by atoms with van der Waals surface area (Å²) in [6.07, 6.45) is 7.24. The maximum absolute atomic E-state index is 5.66. The number of hydrogen-bond donors (Lipinski definition) is 1. The van der Waals surface area contributed by atoms with E-state index in [4.69, 9.17) is 5.73 Å². The zero-order valence-corrected chi connectivity index (χ0v) is 9.32. The molecule has 3 nitrogen and oxygen atoms in total. The second-order valence-corrected chi connectivity index (χ2v) is 4.44. The second-order valence-electron chi connectivity index (χ2n) is 4.44. The number of nitrogens with zero attached hydrogens (tertiary/aromatic N) is 2. The molecule has 2 N–H and O–H groups in total. The Hall–Kier alpha value is -1.09. The third-order valence-corrected chi connectivity index (χ3v) is 3.23. The maximum atomic E-state index is 5.66. The molecule has 1 fully saturated rings. The van der Waals surface area contributed by atoms with E-state index in [0.717, 1.165) is 12.6 Å². The Labute approximate surface area is 91.3 Å². The van der Waals surface area contributed by atoms with Crippen molar-refractivity contribution in [1.29, 1.82) is 0 Å². The first-order chi connectivity index (χ1) is 7.25. The molecule has 1 saturated carbocycles. The minimum atomic E-state index is 0.618. The third-order valence-electron chi connectivity index (χ3n) is 3.23. The van der Waals surface area contributed by atoms with Crippen molar-refractivity contribution in [2.75, 3.05) is 12.8 Å². The highest BCUT2D eigenvalue weighted by Gasteiger charge is 2.19. The van der Waals surface area contributed by atoms with Crippen molar-refractivity contribution in [3.63, 3.8) is 0 Å². The average molecular weight is 205 g/mol. The van der Waals surface area contributed by atoms with E-state index >= 15 is 0 Å². The zero-order valence-electron chi connectivity index (χ0n) is 9.32. The summed E-state index contributed by atoms with van der Waals surface area (Å²) in [4.78, 5) is 6.44. The predicted octanol–water partition coefficient (Wildman–Crippen LogP) is 2.04. The van der Waals surface area contributed by atoms with Crippen molar-refractivity contribution in [2.24, 2.45) is 0 Å². The van der Waals surface area contributed by atoms with E-state index in [9.17, 15) is 0 Å². The molecular weight excluding hydrogens is 186 g/mol. The number of hydrogen-bond acceptors (Lipinski definition) is 3. The van der Waals surface area contributed by atoms with Crippen molar-refractivity contribution in [3.05, 3.63) is 23.9 Å². The first-order valence-corrected chi connectivity index (χ1v) is 5.66. The van der Waals surface area contributed by atoms with E-state index in [1.54, 1.807) is 6.20 Å². The van der Waals surface area contributed by atoms with Crippen molar-refractivity contribution < 1.29 is 0 Å². The van der Waals surface area contributed by atoms with Gasteiger partial charge in [-0.25, -0.2) is 4.98 Å². The second kappa shape index (κ2) is 4.62. The number of rotatable bonds is 3.